The number of carbonyl (C=O) groups excluding carboxylic acids is 2. The van der Waals surface area contributed by atoms with E-state index in [9.17, 15) is 18.0 Å². The van der Waals surface area contributed by atoms with Gasteiger partial charge in [0.1, 0.15) is 12.6 Å². The first-order valence-corrected chi connectivity index (χ1v) is 13.0. The van der Waals surface area contributed by atoms with Crippen molar-refractivity contribution in [2.24, 2.45) is 0 Å². The van der Waals surface area contributed by atoms with Gasteiger partial charge in [0.05, 0.1) is 22.0 Å². The van der Waals surface area contributed by atoms with Gasteiger partial charge in [-0.3, -0.25) is 13.9 Å². The molecule has 1 N–H and O–H groups in total. The summed E-state index contributed by atoms with van der Waals surface area (Å²) in [6, 6.07) is 11.1. The Kier molecular flexibility index (Phi) is 9.17. The number of halogens is 2. The minimum Gasteiger partial charge on any atom is -0.357 e. The summed E-state index contributed by atoms with van der Waals surface area (Å²) in [6.07, 6.45) is 1.04. The monoisotopic (exact) mass is 513 g/mol. The van der Waals surface area contributed by atoms with E-state index in [0.717, 1.165) is 16.1 Å². The van der Waals surface area contributed by atoms with E-state index in [1.54, 1.807) is 37.3 Å². The summed E-state index contributed by atoms with van der Waals surface area (Å²) in [5.74, 6) is -0.631. The van der Waals surface area contributed by atoms with Crippen molar-refractivity contribution in [1.82, 2.24) is 10.2 Å². The van der Waals surface area contributed by atoms with Gasteiger partial charge in [-0.25, -0.2) is 8.42 Å². The van der Waals surface area contributed by atoms with Crippen LogP contribution in [0.2, 0.25) is 10.0 Å². The normalized spacial score (nSPS) is 12.4. The fraction of sp³-hybridized carbons (Fsp3) is 0.391. The number of nitrogens with zero attached hydrogens (tertiary/aromatic N) is 2. The fourth-order valence-electron chi connectivity index (χ4n) is 3.27. The van der Waals surface area contributed by atoms with Gasteiger partial charge >= 0.3 is 0 Å². The summed E-state index contributed by atoms with van der Waals surface area (Å²) in [5.41, 5.74) is 2.08. The first-order chi connectivity index (χ1) is 15.3. The molecular weight excluding hydrogens is 485 g/mol. The summed E-state index contributed by atoms with van der Waals surface area (Å²) >= 11 is 12.1. The van der Waals surface area contributed by atoms with Gasteiger partial charge in [-0.2, -0.15) is 0 Å². The molecule has 0 aromatic heterocycles. The molecule has 0 saturated heterocycles. The van der Waals surface area contributed by atoms with Gasteiger partial charge in [-0.1, -0.05) is 55.2 Å². The molecule has 0 unspecified atom stereocenters. The molecule has 2 aromatic carbocycles. The summed E-state index contributed by atoms with van der Waals surface area (Å²) in [5, 5.41) is 3.21. The highest BCUT2D eigenvalue weighted by Crippen LogP contribution is 2.25. The summed E-state index contributed by atoms with van der Waals surface area (Å²) < 4.78 is 26.1. The molecule has 0 aliphatic heterocycles. The van der Waals surface area contributed by atoms with Gasteiger partial charge in [-0.05, 0) is 48.2 Å². The van der Waals surface area contributed by atoms with Gasteiger partial charge in [0.15, 0.2) is 0 Å². The van der Waals surface area contributed by atoms with Crippen LogP contribution in [-0.4, -0.2) is 51.0 Å². The second-order valence-corrected chi connectivity index (χ2v) is 10.8. The Bertz CT molecular complexity index is 1110. The Hall–Kier alpha value is -2.29. The Morgan fingerprint density at radius 1 is 1.00 bits per heavy atom. The fourth-order valence-corrected chi connectivity index (χ4v) is 4.44. The molecule has 2 rings (SSSR count). The molecule has 33 heavy (non-hydrogen) atoms. The maximum absolute atomic E-state index is 13.3. The van der Waals surface area contributed by atoms with Crippen LogP contribution >= 0.6 is 23.2 Å². The highest BCUT2D eigenvalue weighted by molar-refractivity contribution is 7.92. The highest BCUT2D eigenvalue weighted by Gasteiger charge is 2.29. The minimum atomic E-state index is -3.77. The molecular formula is C23H29Cl2N3O4S. The second kappa shape index (κ2) is 11.2. The zero-order valence-electron chi connectivity index (χ0n) is 19.3. The zero-order chi connectivity index (χ0) is 24.9. The number of hydrogen-bond acceptors (Lipinski definition) is 4. The minimum absolute atomic E-state index is 0.0498. The molecule has 2 amide bonds. The third-order valence-electron chi connectivity index (χ3n) is 5.28. The van der Waals surface area contributed by atoms with Crippen LogP contribution < -0.4 is 9.62 Å². The third kappa shape index (κ3) is 7.09. The topological polar surface area (TPSA) is 86.8 Å². The maximum Gasteiger partial charge on any atom is 0.244 e. The van der Waals surface area contributed by atoms with Crippen LogP contribution in [0.3, 0.4) is 0 Å². The van der Waals surface area contributed by atoms with Crippen LogP contribution in [0.1, 0.15) is 37.8 Å². The van der Waals surface area contributed by atoms with E-state index in [1.165, 1.54) is 11.9 Å². The van der Waals surface area contributed by atoms with Crippen molar-refractivity contribution < 1.29 is 18.0 Å². The quantitative estimate of drug-likeness (QED) is 0.547. The van der Waals surface area contributed by atoms with Gasteiger partial charge in [0.2, 0.25) is 21.8 Å². The lowest BCUT2D eigenvalue weighted by molar-refractivity contribution is -0.139. The van der Waals surface area contributed by atoms with Crippen LogP contribution in [0, 0.1) is 0 Å². The number of sulfonamides is 1. The zero-order valence-corrected chi connectivity index (χ0v) is 21.6. The molecule has 0 aliphatic carbocycles. The number of anilines is 1. The van der Waals surface area contributed by atoms with Crippen molar-refractivity contribution >= 4 is 50.7 Å². The van der Waals surface area contributed by atoms with Gasteiger partial charge in [-0.15, -0.1) is 0 Å². The number of carbonyl (C=O) groups is 2. The van der Waals surface area contributed by atoms with Crippen LogP contribution in [0.4, 0.5) is 5.69 Å². The molecule has 10 heteroatoms. The molecule has 0 fully saturated rings. The Morgan fingerprint density at radius 2 is 1.61 bits per heavy atom. The van der Waals surface area contributed by atoms with Crippen molar-refractivity contribution in [3.8, 4) is 0 Å². The number of rotatable bonds is 9. The average Bonchev–Trinajstić information content (AvgIpc) is 2.76. The van der Waals surface area contributed by atoms with E-state index >= 15 is 0 Å². The lowest BCUT2D eigenvalue weighted by Crippen LogP contribution is -2.50. The first kappa shape index (κ1) is 27.0. The summed E-state index contributed by atoms with van der Waals surface area (Å²) in [4.78, 5) is 27.0. The van der Waals surface area contributed by atoms with Crippen molar-refractivity contribution in [1.29, 1.82) is 0 Å². The molecule has 7 nitrogen and oxygen atoms in total. The van der Waals surface area contributed by atoms with Crippen molar-refractivity contribution in [2.75, 3.05) is 24.2 Å². The number of amides is 2. The molecule has 0 aliphatic rings. The number of hydrogen-bond donors (Lipinski definition) is 1. The molecule has 2 aromatic rings. The van der Waals surface area contributed by atoms with E-state index in [2.05, 4.69) is 5.32 Å². The van der Waals surface area contributed by atoms with E-state index < -0.39 is 28.5 Å². The molecule has 0 saturated carbocycles. The average molecular weight is 514 g/mol. The molecule has 0 heterocycles. The van der Waals surface area contributed by atoms with E-state index in [4.69, 9.17) is 23.2 Å². The SMILES string of the molecule is CNC(=O)[C@H](C)N(Cc1ccc(Cl)c(Cl)c1)C(=O)CN(c1ccc(C(C)C)cc1)S(C)(=O)=O. The predicted octanol–water partition coefficient (Wildman–Crippen LogP) is 4.05. The highest BCUT2D eigenvalue weighted by atomic mass is 35.5. The van der Waals surface area contributed by atoms with Crippen LogP contribution in [0.15, 0.2) is 42.5 Å². The predicted molar refractivity (Wildman–Crippen MR) is 133 cm³/mol. The molecule has 0 spiro atoms. The van der Waals surface area contributed by atoms with Crippen LogP contribution in [-0.2, 0) is 26.2 Å². The van der Waals surface area contributed by atoms with Gasteiger partial charge in [0, 0.05) is 13.6 Å². The number of benzene rings is 2. The van der Waals surface area contributed by atoms with Crippen molar-refractivity contribution in [2.45, 2.75) is 39.3 Å². The Balaban J connectivity index is 2.39. The second-order valence-electron chi connectivity index (χ2n) is 8.08. The lowest BCUT2D eigenvalue weighted by Gasteiger charge is -2.31. The smallest absolute Gasteiger partial charge is 0.244 e. The van der Waals surface area contributed by atoms with Crippen LogP contribution in [0.25, 0.3) is 0 Å². The molecule has 0 radical (unpaired) electrons. The maximum atomic E-state index is 13.3. The first-order valence-electron chi connectivity index (χ1n) is 10.4. The van der Waals surface area contributed by atoms with Crippen molar-refractivity contribution in [3.05, 3.63) is 63.6 Å². The lowest BCUT2D eigenvalue weighted by atomic mass is 10.0. The standard InChI is InChI=1S/C23H29Cl2N3O4S/c1-15(2)18-7-9-19(10-8-18)28(33(5,31)32)14-22(29)27(16(3)23(30)26-4)13-17-6-11-20(24)21(25)12-17/h6-12,15-16H,13-14H2,1-5H3,(H,26,30)/t16-/m0/s1. The number of likely N-dealkylation sites (N-methyl/N-ethyl adjacent to an activating group) is 1. The number of nitrogens with one attached hydrogen (secondary N) is 1. The van der Waals surface area contributed by atoms with E-state index in [0.29, 0.717) is 21.3 Å². The summed E-state index contributed by atoms with van der Waals surface area (Å²) in [6.45, 7) is 5.25. The van der Waals surface area contributed by atoms with Gasteiger partial charge < -0.3 is 10.2 Å². The summed E-state index contributed by atoms with van der Waals surface area (Å²) in [7, 11) is -2.30. The molecule has 180 valence electrons. The van der Waals surface area contributed by atoms with E-state index in [-0.39, 0.29) is 18.4 Å². The molecule has 1 atom stereocenters. The molecule has 0 bridgehead atoms. The Labute approximate surface area is 205 Å². The Morgan fingerprint density at radius 3 is 2.09 bits per heavy atom. The van der Waals surface area contributed by atoms with Crippen molar-refractivity contribution in [3.63, 3.8) is 0 Å². The van der Waals surface area contributed by atoms with E-state index in [1.807, 2.05) is 26.0 Å². The van der Waals surface area contributed by atoms with Crippen LogP contribution in [0.5, 0.6) is 0 Å². The van der Waals surface area contributed by atoms with Gasteiger partial charge in [0.25, 0.3) is 0 Å². The largest absolute Gasteiger partial charge is 0.357 e. The third-order valence-corrected chi connectivity index (χ3v) is 7.16.